The molecule has 2 aromatic heterocycles. The summed E-state index contributed by atoms with van der Waals surface area (Å²) in [7, 11) is 0. The molecular weight excluding hydrogens is 730 g/mol. The minimum atomic E-state index is 0.312. The van der Waals surface area contributed by atoms with E-state index in [2.05, 4.69) is 96.4 Å². The van der Waals surface area contributed by atoms with Gasteiger partial charge in [0.25, 0.3) is 0 Å². The molecule has 0 spiro atoms. The van der Waals surface area contributed by atoms with Crippen LogP contribution in [-0.2, 0) is 19.6 Å². The summed E-state index contributed by atoms with van der Waals surface area (Å²) in [6, 6.07) is 33.0. The zero-order valence-electron chi connectivity index (χ0n) is 34.3. The predicted octanol–water partition coefficient (Wildman–Crippen LogP) is 11.4. The summed E-state index contributed by atoms with van der Waals surface area (Å²) in [6.45, 7) is 18.3. The van der Waals surface area contributed by atoms with E-state index < -0.39 is 0 Å². The molecule has 0 N–H and O–H groups in total. The first-order valence-corrected chi connectivity index (χ1v) is 21.1. The Morgan fingerprint density at radius 3 is 2.25 bits per heavy atom. The first kappa shape index (κ1) is 41.6. The Hall–Kier alpha value is -5.05. The summed E-state index contributed by atoms with van der Waals surface area (Å²) in [5.74, 6) is 3.12. The maximum Gasteiger partial charge on any atom is 0.144 e. The number of aromatic nitrogens is 3. The van der Waals surface area contributed by atoms with Crippen LogP contribution in [0.5, 0.6) is 17.2 Å². The highest BCUT2D eigenvalue weighted by molar-refractivity contribution is 6.30. The number of hydrogen-bond acceptors (Lipinski definition) is 7. The largest absolute Gasteiger partial charge is 0.493 e. The number of imidazole rings is 1. The molecule has 2 heterocycles. The van der Waals surface area contributed by atoms with Gasteiger partial charge in [0.1, 0.15) is 29.7 Å². The van der Waals surface area contributed by atoms with E-state index in [-0.39, 0.29) is 0 Å². The van der Waals surface area contributed by atoms with E-state index in [1.165, 1.54) is 5.69 Å². The van der Waals surface area contributed by atoms with Gasteiger partial charge in [0.2, 0.25) is 0 Å². The zero-order valence-corrected chi connectivity index (χ0v) is 35.1. The Morgan fingerprint density at radius 1 is 0.702 bits per heavy atom. The first-order valence-electron chi connectivity index (χ1n) is 20.7. The van der Waals surface area contributed by atoms with Crippen molar-refractivity contribution in [3.8, 4) is 39.8 Å². The van der Waals surface area contributed by atoms with Crippen LogP contribution >= 0.6 is 11.6 Å². The van der Waals surface area contributed by atoms with Crippen molar-refractivity contribution >= 4 is 28.3 Å². The van der Waals surface area contributed by atoms with E-state index in [9.17, 15) is 0 Å². The van der Waals surface area contributed by atoms with Gasteiger partial charge < -0.3 is 28.6 Å². The normalized spacial score (nSPS) is 11.4. The minimum Gasteiger partial charge on any atom is -0.493 e. The zero-order chi connectivity index (χ0) is 40.0. The maximum absolute atomic E-state index is 6.62. The second-order valence-electron chi connectivity index (χ2n) is 14.2. The second kappa shape index (κ2) is 20.9. The lowest BCUT2D eigenvalue weighted by atomic mass is 10.0. The molecule has 0 fully saturated rings. The molecule has 4 aromatic carbocycles. The summed E-state index contributed by atoms with van der Waals surface area (Å²) < 4.78 is 21.9. The lowest BCUT2D eigenvalue weighted by Gasteiger charge is -2.22. The predicted molar refractivity (Wildman–Crippen MR) is 236 cm³/mol. The molecule has 0 atom stereocenters. The van der Waals surface area contributed by atoms with Crippen molar-refractivity contribution in [2.24, 2.45) is 0 Å². The molecule has 9 heteroatoms. The number of hydrogen-bond donors (Lipinski definition) is 0. The number of anilines is 1. The van der Waals surface area contributed by atoms with Crippen LogP contribution in [0.1, 0.15) is 65.1 Å². The molecule has 0 aliphatic heterocycles. The third-order valence-corrected chi connectivity index (χ3v) is 10.8. The quantitative estimate of drug-likeness (QED) is 0.0635. The summed E-state index contributed by atoms with van der Waals surface area (Å²) >= 11 is 6.12. The van der Waals surface area contributed by atoms with Crippen LogP contribution in [0.4, 0.5) is 5.69 Å². The highest BCUT2D eigenvalue weighted by Gasteiger charge is 2.22. The Bertz CT molecular complexity index is 2150. The summed E-state index contributed by atoms with van der Waals surface area (Å²) in [5.41, 5.74) is 8.24. The van der Waals surface area contributed by atoms with E-state index >= 15 is 0 Å². The fourth-order valence-corrected chi connectivity index (χ4v) is 7.32. The third kappa shape index (κ3) is 10.9. The molecule has 6 rings (SSSR count). The average molecular weight is 788 g/mol. The highest BCUT2D eigenvalue weighted by atomic mass is 35.5. The van der Waals surface area contributed by atoms with Crippen LogP contribution in [0, 0.1) is 0 Å². The molecule has 6 aromatic rings. The van der Waals surface area contributed by atoms with E-state index in [1.54, 1.807) is 6.20 Å². The van der Waals surface area contributed by atoms with Crippen molar-refractivity contribution < 1.29 is 14.2 Å². The Balaban J connectivity index is 1.44. The Kier molecular flexibility index (Phi) is 15.3. The van der Waals surface area contributed by atoms with Crippen LogP contribution < -0.4 is 19.1 Å². The van der Waals surface area contributed by atoms with Crippen LogP contribution in [0.2, 0.25) is 5.02 Å². The van der Waals surface area contributed by atoms with Crippen molar-refractivity contribution in [1.82, 2.24) is 19.4 Å². The number of fused-ring (bicyclic) bond motifs is 1. The number of pyridine rings is 1. The highest BCUT2D eigenvalue weighted by Crippen LogP contribution is 2.40. The van der Waals surface area contributed by atoms with Gasteiger partial charge in [-0.25, -0.2) is 4.98 Å². The van der Waals surface area contributed by atoms with Gasteiger partial charge in [-0.2, -0.15) is 0 Å². The topological polar surface area (TPSA) is 64.9 Å². The van der Waals surface area contributed by atoms with Gasteiger partial charge in [0.15, 0.2) is 0 Å². The number of ether oxygens (including phenoxy) is 3. The van der Waals surface area contributed by atoms with Crippen molar-refractivity contribution in [3.63, 3.8) is 0 Å². The lowest BCUT2D eigenvalue weighted by Crippen LogP contribution is -2.25. The molecule has 0 radical (unpaired) electrons. The average Bonchev–Trinajstić information content (AvgIpc) is 3.61. The summed E-state index contributed by atoms with van der Waals surface area (Å²) in [6.07, 6.45) is 5.55. The molecule has 300 valence electrons. The van der Waals surface area contributed by atoms with Crippen LogP contribution in [0.15, 0.2) is 103 Å². The van der Waals surface area contributed by atoms with E-state index in [1.807, 2.05) is 54.6 Å². The van der Waals surface area contributed by atoms with Gasteiger partial charge in [-0.05, 0) is 106 Å². The molecule has 8 nitrogen and oxygen atoms in total. The number of nitrogens with zero attached hydrogens (tertiary/aromatic N) is 5. The van der Waals surface area contributed by atoms with Crippen LogP contribution in [0.3, 0.4) is 0 Å². The molecule has 0 amide bonds. The Morgan fingerprint density at radius 2 is 1.51 bits per heavy atom. The molecule has 0 unspecified atom stereocenters. The first-order chi connectivity index (χ1) is 27.9. The molecule has 57 heavy (non-hydrogen) atoms. The second-order valence-corrected chi connectivity index (χ2v) is 14.7. The van der Waals surface area contributed by atoms with Gasteiger partial charge in [-0.15, -0.1) is 0 Å². The molecule has 0 saturated carbocycles. The van der Waals surface area contributed by atoms with Crippen molar-refractivity contribution in [2.75, 3.05) is 50.8 Å². The van der Waals surface area contributed by atoms with Crippen molar-refractivity contribution in [3.05, 3.63) is 120 Å². The molecule has 0 saturated heterocycles. The smallest absolute Gasteiger partial charge is 0.144 e. The standard InChI is InChI=1S/C48H58ClN5O3/c1-6-11-28-54-45-33-42(55-29-15-27-52(7-2)8-3)32-44(37-16-14-18-40(31-37)53(9-4)10-5)47(45)51-48(54)43-24-23-41(56-30-25-36-19-21-38(49)22-20-36)34-46(43)57-35-39-17-12-13-26-50-39/h12-14,16-24,26,31-34H,6-11,15,25,27-30,35H2,1-5H3. The molecular formula is C48H58ClN5O3. The van der Waals surface area contributed by atoms with E-state index in [0.717, 1.165) is 126 Å². The molecule has 0 aliphatic carbocycles. The number of benzene rings is 4. The van der Waals surface area contributed by atoms with Gasteiger partial charge in [0, 0.05) is 67.2 Å². The van der Waals surface area contributed by atoms with Gasteiger partial charge in [0.05, 0.1) is 35.5 Å². The number of rotatable bonds is 22. The van der Waals surface area contributed by atoms with Gasteiger partial charge in [-0.3, -0.25) is 4.98 Å². The third-order valence-electron chi connectivity index (χ3n) is 10.5. The van der Waals surface area contributed by atoms with E-state index in [4.69, 9.17) is 30.8 Å². The fraction of sp³-hybridized carbons (Fsp3) is 0.375. The monoisotopic (exact) mass is 787 g/mol. The van der Waals surface area contributed by atoms with Crippen LogP contribution in [-0.4, -0.2) is 65.4 Å². The van der Waals surface area contributed by atoms with Crippen molar-refractivity contribution in [1.29, 1.82) is 0 Å². The SMILES string of the molecule is CCCCn1c(-c2ccc(OCCc3ccc(Cl)cc3)cc2OCc2ccccn2)nc2c(-c3cccc(N(CC)CC)c3)cc(OCCCN(CC)CC)cc21. The lowest BCUT2D eigenvalue weighted by molar-refractivity contribution is 0.249. The maximum atomic E-state index is 6.62. The summed E-state index contributed by atoms with van der Waals surface area (Å²) in [5, 5.41) is 0.727. The van der Waals surface area contributed by atoms with Gasteiger partial charge >= 0.3 is 0 Å². The molecule has 0 bridgehead atoms. The molecule has 0 aliphatic rings. The van der Waals surface area contributed by atoms with Gasteiger partial charge in [-0.1, -0.05) is 69.1 Å². The summed E-state index contributed by atoms with van der Waals surface area (Å²) in [4.78, 5) is 14.9. The number of unbranched alkanes of at least 4 members (excludes halogenated alkanes) is 1. The number of aryl methyl sites for hydroxylation is 1. The van der Waals surface area contributed by atoms with Crippen LogP contribution in [0.25, 0.3) is 33.5 Å². The van der Waals surface area contributed by atoms with E-state index in [0.29, 0.717) is 25.6 Å². The fourth-order valence-electron chi connectivity index (χ4n) is 7.20. The Labute approximate surface area is 344 Å². The minimum absolute atomic E-state index is 0.312. The van der Waals surface area contributed by atoms with Crippen molar-refractivity contribution in [2.45, 2.75) is 73.5 Å². The number of halogens is 1.